The van der Waals surface area contributed by atoms with E-state index in [1.54, 1.807) is 18.1 Å². The molecule has 17 heavy (non-hydrogen) atoms. The second-order valence-corrected chi connectivity index (χ2v) is 5.72. The van der Waals surface area contributed by atoms with Crippen LogP contribution in [-0.4, -0.2) is 17.9 Å². The number of halogens is 1. The molecule has 1 heterocycles. The molecule has 0 N–H and O–H groups in total. The van der Waals surface area contributed by atoms with Gasteiger partial charge in [0.15, 0.2) is 0 Å². The first-order valence-electron chi connectivity index (χ1n) is 5.96. The quantitative estimate of drug-likeness (QED) is 0.854. The Labute approximate surface area is 110 Å². The van der Waals surface area contributed by atoms with E-state index >= 15 is 0 Å². The average Bonchev–Trinajstić information content (AvgIpc) is 3.11. The molecule has 1 fully saturated rings. The van der Waals surface area contributed by atoms with Gasteiger partial charge >= 0.3 is 0 Å². The fourth-order valence-electron chi connectivity index (χ4n) is 1.95. The van der Waals surface area contributed by atoms with Crippen molar-refractivity contribution < 1.29 is 4.79 Å². The molecule has 1 aromatic heterocycles. The number of aromatic nitrogens is 1. The lowest BCUT2D eigenvalue weighted by molar-refractivity contribution is -0.119. The predicted octanol–water partition coefficient (Wildman–Crippen LogP) is 3.24. The fraction of sp³-hybridized carbons (Fsp3) is 0.538. The van der Waals surface area contributed by atoms with E-state index in [0.29, 0.717) is 18.2 Å². The summed E-state index contributed by atoms with van der Waals surface area (Å²) in [5.41, 5.74) is 0. The van der Waals surface area contributed by atoms with E-state index in [4.69, 9.17) is 0 Å². The highest BCUT2D eigenvalue weighted by Gasteiger charge is 2.30. The molecule has 4 heteroatoms. The molecule has 1 amide bonds. The Bertz CT molecular complexity index is 418. The standard InChI is InChI=1S/C13H17BrN2O/c1-9(10-3-4-10)7-13(17)16(2)12-8-11(14)5-6-15-12/h5-6,8-10H,3-4,7H2,1-2H3. The third kappa shape index (κ3) is 3.28. The van der Waals surface area contributed by atoms with Crippen LogP contribution in [0.4, 0.5) is 5.82 Å². The normalized spacial score (nSPS) is 16.6. The van der Waals surface area contributed by atoms with Gasteiger partial charge in [0.05, 0.1) is 0 Å². The van der Waals surface area contributed by atoms with Crippen LogP contribution >= 0.6 is 15.9 Å². The van der Waals surface area contributed by atoms with Gasteiger partial charge in [-0.1, -0.05) is 22.9 Å². The van der Waals surface area contributed by atoms with Gasteiger partial charge in [0, 0.05) is 24.1 Å². The SMILES string of the molecule is CC(CC(=O)N(C)c1cc(Br)ccn1)C1CC1. The first-order chi connectivity index (χ1) is 8.08. The zero-order valence-electron chi connectivity index (χ0n) is 10.2. The summed E-state index contributed by atoms with van der Waals surface area (Å²) in [5, 5.41) is 0. The zero-order chi connectivity index (χ0) is 12.4. The highest BCUT2D eigenvalue weighted by Crippen LogP contribution is 2.38. The zero-order valence-corrected chi connectivity index (χ0v) is 11.8. The maximum absolute atomic E-state index is 12.1. The summed E-state index contributed by atoms with van der Waals surface area (Å²) in [6.07, 6.45) is 4.89. The van der Waals surface area contributed by atoms with Gasteiger partial charge in [0.25, 0.3) is 0 Å². The minimum atomic E-state index is 0.148. The fourth-order valence-corrected chi connectivity index (χ4v) is 2.27. The summed E-state index contributed by atoms with van der Waals surface area (Å²) in [7, 11) is 1.79. The molecule has 0 saturated heterocycles. The average molecular weight is 297 g/mol. The van der Waals surface area contributed by atoms with Gasteiger partial charge in [-0.05, 0) is 36.8 Å². The molecule has 0 radical (unpaired) electrons. The van der Waals surface area contributed by atoms with Crippen molar-refractivity contribution >= 4 is 27.7 Å². The van der Waals surface area contributed by atoms with Crippen molar-refractivity contribution in [1.82, 2.24) is 4.98 Å². The van der Waals surface area contributed by atoms with Gasteiger partial charge in [0.1, 0.15) is 5.82 Å². The molecule has 0 aliphatic heterocycles. The van der Waals surface area contributed by atoms with E-state index < -0.39 is 0 Å². The van der Waals surface area contributed by atoms with Crippen molar-refractivity contribution in [2.75, 3.05) is 11.9 Å². The van der Waals surface area contributed by atoms with Gasteiger partial charge in [-0.3, -0.25) is 9.69 Å². The van der Waals surface area contributed by atoms with Gasteiger partial charge < -0.3 is 0 Å². The molecule has 1 aliphatic rings. The second kappa shape index (κ2) is 5.17. The minimum absolute atomic E-state index is 0.148. The Morgan fingerprint density at radius 1 is 1.65 bits per heavy atom. The molecule has 3 nitrogen and oxygen atoms in total. The molecule has 1 saturated carbocycles. The summed E-state index contributed by atoms with van der Waals surface area (Å²) in [4.78, 5) is 17.9. The number of nitrogens with zero attached hydrogens (tertiary/aromatic N) is 2. The maximum atomic E-state index is 12.1. The van der Waals surface area contributed by atoms with Crippen molar-refractivity contribution in [3.63, 3.8) is 0 Å². The molecule has 1 atom stereocenters. The number of anilines is 1. The molecule has 1 unspecified atom stereocenters. The number of amides is 1. The first kappa shape index (κ1) is 12.6. The smallest absolute Gasteiger partial charge is 0.228 e. The molecule has 0 bridgehead atoms. The maximum Gasteiger partial charge on any atom is 0.228 e. The topological polar surface area (TPSA) is 33.2 Å². The molecule has 2 rings (SSSR count). The highest BCUT2D eigenvalue weighted by atomic mass is 79.9. The van der Waals surface area contributed by atoms with Crippen LogP contribution < -0.4 is 4.90 Å². The highest BCUT2D eigenvalue weighted by molar-refractivity contribution is 9.10. The van der Waals surface area contributed by atoms with E-state index in [9.17, 15) is 4.79 Å². The lowest BCUT2D eigenvalue weighted by Gasteiger charge is -2.18. The third-order valence-corrected chi connectivity index (χ3v) is 3.84. The lowest BCUT2D eigenvalue weighted by Crippen LogP contribution is -2.28. The van der Waals surface area contributed by atoms with Crippen LogP contribution in [0.25, 0.3) is 0 Å². The molecular weight excluding hydrogens is 280 g/mol. The molecule has 0 aromatic carbocycles. The summed E-state index contributed by atoms with van der Waals surface area (Å²) in [5.74, 6) is 2.11. The van der Waals surface area contributed by atoms with E-state index in [1.165, 1.54) is 12.8 Å². The van der Waals surface area contributed by atoms with E-state index in [1.807, 2.05) is 12.1 Å². The number of pyridine rings is 1. The monoisotopic (exact) mass is 296 g/mol. The van der Waals surface area contributed by atoms with Gasteiger partial charge in [-0.25, -0.2) is 4.98 Å². The second-order valence-electron chi connectivity index (χ2n) is 4.80. The van der Waals surface area contributed by atoms with Crippen molar-refractivity contribution in [3.8, 4) is 0 Å². The van der Waals surface area contributed by atoms with E-state index in [0.717, 1.165) is 10.4 Å². The Kier molecular flexibility index (Phi) is 3.82. The van der Waals surface area contributed by atoms with Crippen LogP contribution in [0.5, 0.6) is 0 Å². The number of hydrogen-bond acceptors (Lipinski definition) is 2. The molecule has 1 aliphatic carbocycles. The molecule has 1 aromatic rings. The van der Waals surface area contributed by atoms with E-state index in [2.05, 4.69) is 27.8 Å². The predicted molar refractivity (Wildman–Crippen MR) is 71.9 cm³/mol. The lowest BCUT2D eigenvalue weighted by atomic mass is 10.0. The largest absolute Gasteiger partial charge is 0.300 e. The Hall–Kier alpha value is -0.900. The molecule has 0 spiro atoms. The van der Waals surface area contributed by atoms with Crippen molar-refractivity contribution in [2.24, 2.45) is 11.8 Å². The first-order valence-corrected chi connectivity index (χ1v) is 6.75. The van der Waals surface area contributed by atoms with E-state index in [-0.39, 0.29) is 5.91 Å². The number of hydrogen-bond donors (Lipinski definition) is 0. The summed E-state index contributed by atoms with van der Waals surface area (Å²) in [6.45, 7) is 2.16. The van der Waals surface area contributed by atoms with Crippen LogP contribution in [0.1, 0.15) is 26.2 Å². The van der Waals surface area contributed by atoms with Crippen molar-refractivity contribution in [3.05, 3.63) is 22.8 Å². The Balaban J connectivity index is 1.98. The van der Waals surface area contributed by atoms with Crippen LogP contribution in [0, 0.1) is 11.8 Å². The summed E-state index contributed by atoms with van der Waals surface area (Å²) >= 11 is 3.39. The molecule has 92 valence electrons. The summed E-state index contributed by atoms with van der Waals surface area (Å²) < 4.78 is 0.942. The van der Waals surface area contributed by atoms with Crippen LogP contribution in [0.15, 0.2) is 22.8 Å². The Morgan fingerprint density at radius 3 is 2.94 bits per heavy atom. The van der Waals surface area contributed by atoms with Crippen LogP contribution in [0.2, 0.25) is 0 Å². The number of carbonyl (C=O) groups is 1. The van der Waals surface area contributed by atoms with Crippen LogP contribution in [-0.2, 0) is 4.79 Å². The Morgan fingerprint density at radius 2 is 2.35 bits per heavy atom. The van der Waals surface area contributed by atoms with Gasteiger partial charge in [0.2, 0.25) is 5.91 Å². The summed E-state index contributed by atoms with van der Waals surface area (Å²) in [6, 6.07) is 3.72. The van der Waals surface area contributed by atoms with Crippen molar-refractivity contribution in [1.29, 1.82) is 0 Å². The van der Waals surface area contributed by atoms with Gasteiger partial charge in [-0.15, -0.1) is 0 Å². The van der Waals surface area contributed by atoms with Crippen LogP contribution in [0.3, 0.4) is 0 Å². The number of carbonyl (C=O) groups excluding carboxylic acids is 1. The third-order valence-electron chi connectivity index (χ3n) is 3.35. The van der Waals surface area contributed by atoms with Crippen molar-refractivity contribution in [2.45, 2.75) is 26.2 Å². The number of rotatable bonds is 4. The van der Waals surface area contributed by atoms with Gasteiger partial charge in [-0.2, -0.15) is 0 Å². The minimum Gasteiger partial charge on any atom is -0.300 e. The molecular formula is C13H17BrN2O.